The summed E-state index contributed by atoms with van der Waals surface area (Å²) >= 11 is 3.98. The summed E-state index contributed by atoms with van der Waals surface area (Å²) in [5.74, 6) is -4.25. The number of benzene rings is 3. The smallest absolute Gasteiger partial charge is 0.395 e. The predicted molar refractivity (Wildman–Crippen MR) is 141 cm³/mol. The molecule has 0 atom stereocenters. The number of fused-ring (bicyclic) bond motifs is 1. The molecule has 6 nitrogen and oxygen atoms in total. The number of amides is 2. The van der Waals surface area contributed by atoms with E-state index in [4.69, 9.17) is 0 Å². The molecule has 0 fully saturated rings. The number of anilines is 2. The van der Waals surface area contributed by atoms with Crippen LogP contribution in [0.15, 0.2) is 53.0 Å². The van der Waals surface area contributed by atoms with Crippen molar-refractivity contribution >= 4 is 61.7 Å². The van der Waals surface area contributed by atoms with Crippen molar-refractivity contribution in [1.29, 1.82) is 0 Å². The van der Waals surface area contributed by atoms with E-state index in [0.717, 1.165) is 48.3 Å². The van der Waals surface area contributed by atoms with E-state index in [1.807, 2.05) is 0 Å². The molecule has 1 N–H and O–H groups in total. The second-order valence-electron chi connectivity index (χ2n) is 8.75. The second kappa shape index (κ2) is 11.0. The van der Waals surface area contributed by atoms with E-state index < -0.39 is 78.2 Å². The third-order valence-electron chi connectivity index (χ3n) is 6.00. The van der Waals surface area contributed by atoms with Crippen LogP contribution in [-0.4, -0.2) is 37.5 Å². The van der Waals surface area contributed by atoms with Gasteiger partial charge in [0.2, 0.25) is 0 Å². The quantitative estimate of drug-likeness (QED) is 0.208. The van der Waals surface area contributed by atoms with Crippen LogP contribution >= 0.6 is 38.5 Å². The fraction of sp³-hybridized carbons (Fsp3) is 0.200. The largest absolute Gasteiger partial charge is 0.586 e. The molecule has 43 heavy (non-hydrogen) atoms. The summed E-state index contributed by atoms with van der Waals surface area (Å²) in [5.41, 5.74) is -9.37. The fourth-order valence-electron chi connectivity index (χ4n) is 3.90. The summed E-state index contributed by atoms with van der Waals surface area (Å²) in [4.78, 5) is 26.6. The van der Waals surface area contributed by atoms with E-state index in [9.17, 15) is 49.1 Å². The van der Waals surface area contributed by atoms with Gasteiger partial charge in [0.25, 0.3) is 11.8 Å². The van der Waals surface area contributed by atoms with Crippen LogP contribution in [-0.2, 0) is 5.67 Å². The SMILES string of the molecule is CN(C(=O)c1ccc2c(c1)OC(F)(F)O2)c1cccc(C(=O)Nc2c(Br)cc(C(F)(C(F)(F)F)C(F)(F)F)cc2I)c1F. The third kappa shape index (κ3) is 5.94. The van der Waals surface area contributed by atoms with Crippen molar-refractivity contribution < 1.29 is 63.0 Å². The van der Waals surface area contributed by atoms with Crippen LogP contribution in [0.5, 0.6) is 11.5 Å². The summed E-state index contributed by atoms with van der Waals surface area (Å²) in [7, 11) is 1.10. The number of hydrogen-bond acceptors (Lipinski definition) is 4. The molecule has 0 radical (unpaired) electrons. The van der Waals surface area contributed by atoms with Crippen molar-refractivity contribution in [1.82, 2.24) is 0 Å². The van der Waals surface area contributed by atoms with Crippen LogP contribution in [0.2, 0.25) is 0 Å². The average molecular weight is 801 g/mol. The first-order chi connectivity index (χ1) is 19.7. The molecule has 230 valence electrons. The first kappa shape index (κ1) is 32.6. The Morgan fingerprint density at radius 3 is 2.12 bits per heavy atom. The molecule has 2 amide bonds. The van der Waals surface area contributed by atoms with Crippen molar-refractivity contribution in [3.63, 3.8) is 0 Å². The summed E-state index contributed by atoms with van der Waals surface area (Å²) in [6, 6.07) is 6.67. The number of halogens is 12. The Hall–Kier alpha value is -3.29. The zero-order chi connectivity index (χ0) is 32.3. The maximum Gasteiger partial charge on any atom is 0.586 e. The normalized spacial score (nSPS) is 14.4. The van der Waals surface area contributed by atoms with Crippen molar-refractivity contribution in [2.45, 2.75) is 24.3 Å². The number of carbonyl (C=O) groups is 2. The third-order valence-corrected chi connectivity index (χ3v) is 7.47. The lowest BCUT2D eigenvalue weighted by Gasteiger charge is -2.31. The first-order valence-corrected chi connectivity index (χ1v) is 13.1. The molecule has 0 saturated carbocycles. The zero-order valence-corrected chi connectivity index (χ0v) is 24.5. The minimum atomic E-state index is -6.38. The van der Waals surface area contributed by atoms with Crippen molar-refractivity contribution in [2.24, 2.45) is 0 Å². The zero-order valence-electron chi connectivity index (χ0n) is 20.7. The van der Waals surface area contributed by atoms with Gasteiger partial charge in [-0.1, -0.05) is 6.07 Å². The molecule has 3 aromatic rings. The lowest BCUT2D eigenvalue weighted by atomic mass is 9.94. The summed E-state index contributed by atoms with van der Waals surface area (Å²) in [5, 5.41) is 2.13. The van der Waals surface area contributed by atoms with Crippen LogP contribution in [0.4, 0.5) is 55.3 Å². The number of nitrogens with one attached hydrogen (secondary N) is 1. The number of hydrogen-bond donors (Lipinski definition) is 1. The molecule has 3 aromatic carbocycles. The highest BCUT2D eigenvalue weighted by atomic mass is 127. The highest BCUT2D eigenvalue weighted by Gasteiger charge is 2.73. The van der Waals surface area contributed by atoms with Crippen molar-refractivity contribution in [3.8, 4) is 11.5 Å². The number of alkyl halides is 9. The Bertz CT molecular complexity index is 1590. The molecule has 4 rings (SSSR count). The van der Waals surface area contributed by atoms with E-state index in [0.29, 0.717) is 0 Å². The van der Waals surface area contributed by atoms with Gasteiger partial charge in [-0.15, -0.1) is 8.78 Å². The van der Waals surface area contributed by atoms with E-state index in [2.05, 4.69) is 30.7 Å². The highest BCUT2D eigenvalue weighted by Crippen LogP contribution is 2.54. The maximum atomic E-state index is 15.4. The van der Waals surface area contributed by atoms with E-state index in [1.54, 1.807) is 0 Å². The molecule has 0 bridgehead atoms. The minimum absolute atomic E-state index is 0.180. The summed E-state index contributed by atoms with van der Waals surface area (Å²) < 4.78 is 143. The van der Waals surface area contributed by atoms with Crippen LogP contribution in [0.3, 0.4) is 0 Å². The standard InChI is InChI=1S/C25H12BrF10IN2O4/c1-39(21(41)10-5-6-16-17(7-10)43-25(35,36)42-16)15-4-2-3-12(18(15)27)20(40)38-19-13(26)8-11(9-14(19)37)22(28,23(29,30)31)24(32,33)34/h2-9H,1H3,(H,38,40). The van der Waals surface area contributed by atoms with Gasteiger partial charge in [0, 0.05) is 26.2 Å². The van der Waals surface area contributed by atoms with Gasteiger partial charge in [-0.2, -0.15) is 26.3 Å². The molecule has 1 heterocycles. The Morgan fingerprint density at radius 2 is 1.53 bits per heavy atom. The Kier molecular flexibility index (Phi) is 8.35. The van der Waals surface area contributed by atoms with Crippen LogP contribution in [0.25, 0.3) is 0 Å². The van der Waals surface area contributed by atoms with E-state index in [1.165, 1.54) is 22.6 Å². The molecule has 0 aromatic heterocycles. The van der Waals surface area contributed by atoms with Gasteiger partial charge in [-0.05, 0) is 81.0 Å². The fourth-order valence-corrected chi connectivity index (χ4v) is 5.59. The monoisotopic (exact) mass is 800 g/mol. The Labute approximate surface area is 256 Å². The number of ether oxygens (including phenoxy) is 2. The lowest BCUT2D eigenvalue weighted by Crippen LogP contribution is -2.50. The van der Waals surface area contributed by atoms with Gasteiger partial charge in [0.1, 0.15) is 0 Å². The molecular formula is C25H12BrF10IN2O4. The van der Waals surface area contributed by atoms with Gasteiger partial charge < -0.3 is 19.7 Å². The summed E-state index contributed by atoms with van der Waals surface area (Å²) in [6.45, 7) is 0. The van der Waals surface area contributed by atoms with Gasteiger partial charge in [0.15, 0.2) is 17.3 Å². The van der Waals surface area contributed by atoms with Gasteiger partial charge in [-0.3, -0.25) is 9.59 Å². The molecule has 1 aliphatic heterocycles. The topological polar surface area (TPSA) is 67.9 Å². The first-order valence-electron chi connectivity index (χ1n) is 11.3. The van der Waals surface area contributed by atoms with Crippen molar-refractivity contribution in [3.05, 3.63) is 79.1 Å². The molecule has 18 heteroatoms. The minimum Gasteiger partial charge on any atom is -0.395 e. The second-order valence-corrected chi connectivity index (χ2v) is 10.8. The molecule has 0 spiro atoms. The lowest BCUT2D eigenvalue weighted by molar-refractivity contribution is -0.348. The van der Waals surface area contributed by atoms with Gasteiger partial charge >= 0.3 is 24.3 Å². The molecule has 0 aliphatic carbocycles. The molecule has 1 aliphatic rings. The number of carbonyl (C=O) groups excluding carboxylic acids is 2. The van der Waals surface area contributed by atoms with E-state index >= 15 is 4.39 Å². The summed E-state index contributed by atoms with van der Waals surface area (Å²) in [6.07, 6.45) is -16.7. The van der Waals surface area contributed by atoms with Crippen molar-refractivity contribution in [2.75, 3.05) is 17.3 Å². The number of rotatable bonds is 5. The van der Waals surface area contributed by atoms with Crippen LogP contribution in [0.1, 0.15) is 26.3 Å². The Balaban J connectivity index is 1.62. The molecular weight excluding hydrogens is 789 g/mol. The molecule has 0 saturated heterocycles. The molecule has 0 unspecified atom stereocenters. The predicted octanol–water partition coefficient (Wildman–Crippen LogP) is 8.33. The highest BCUT2D eigenvalue weighted by molar-refractivity contribution is 14.1. The Morgan fingerprint density at radius 1 is 0.930 bits per heavy atom. The van der Waals surface area contributed by atoms with Gasteiger partial charge in [0.05, 0.1) is 16.9 Å². The number of nitrogens with zero attached hydrogens (tertiary/aromatic N) is 1. The van der Waals surface area contributed by atoms with E-state index in [-0.39, 0.29) is 23.4 Å². The van der Waals surface area contributed by atoms with Crippen LogP contribution in [0, 0.1) is 9.39 Å². The maximum absolute atomic E-state index is 15.4. The van der Waals surface area contributed by atoms with Crippen LogP contribution < -0.4 is 19.7 Å². The van der Waals surface area contributed by atoms with Gasteiger partial charge in [-0.25, -0.2) is 8.78 Å². The average Bonchev–Trinajstić information content (AvgIpc) is 3.20.